The third-order valence-corrected chi connectivity index (χ3v) is 4.47. The second kappa shape index (κ2) is 7.03. The number of hydrogen-bond donors (Lipinski definition) is 1. The summed E-state index contributed by atoms with van der Waals surface area (Å²) in [7, 11) is 0. The Labute approximate surface area is 156 Å². The molecule has 0 saturated heterocycles. The maximum atomic E-state index is 13.1. The molecule has 1 N–H and O–H groups in total. The second-order valence-corrected chi connectivity index (χ2v) is 6.38. The Balaban J connectivity index is 1.72. The zero-order valence-electron chi connectivity index (χ0n) is 14.8. The van der Waals surface area contributed by atoms with Gasteiger partial charge in [-0.15, -0.1) is 0 Å². The predicted molar refractivity (Wildman–Crippen MR) is 105 cm³/mol. The highest BCUT2D eigenvalue weighted by Gasteiger charge is 2.16. The van der Waals surface area contributed by atoms with Gasteiger partial charge in [0.15, 0.2) is 0 Å². The van der Waals surface area contributed by atoms with E-state index in [1.165, 1.54) is 12.1 Å². The molecule has 0 spiro atoms. The third kappa shape index (κ3) is 3.44. The predicted octanol–water partition coefficient (Wildman–Crippen LogP) is 4.79. The van der Waals surface area contributed by atoms with Crippen LogP contribution < -0.4 is 5.32 Å². The molecule has 0 fully saturated rings. The summed E-state index contributed by atoms with van der Waals surface area (Å²) >= 11 is 0. The number of nitrogens with one attached hydrogen (secondary N) is 1. The van der Waals surface area contributed by atoms with Crippen LogP contribution in [0.25, 0.3) is 22.4 Å². The van der Waals surface area contributed by atoms with E-state index in [0.29, 0.717) is 5.69 Å². The minimum atomic E-state index is -0.338. The van der Waals surface area contributed by atoms with Crippen molar-refractivity contribution in [1.82, 2.24) is 9.55 Å². The Morgan fingerprint density at radius 3 is 2.48 bits per heavy atom. The smallest absolute Gasteiger partial charge is 0.244 e. The number of imidazole rings is 1. The monoisotopic (exact) mass is 359 g/mol. The topological polar surface area (TPSA) is 46.9 Å². The minimum absolute atomic E-state index is 0.113. The lowest BCUT2D eigenvalue weighted by molar-refractivity contribution is -0.116. The lowest BCUT2D eigenvalue weighted by Crippen LogP contribution is -2.19. The number of halogens is 1. The van der Waals surface area contributed by atoms with Gasteiger partial charge in [-0.25, -0.2) is 9.37 Å². The van der Waals surface area contributed by atoms with E-state index in [4.69, 9.17) is 4.98 Å². The number of para-hydroxylation sites is 2. The average Bonchev–Trinajstić information content (AvgIpc) is 3.02. The molecule has 0 atom stereocenters. The molecule has 0 saturated carbocycles. The van der Waals surface area contributed by atoms with Crippen LogP contribution >= 0.6 is 0 Å². The number of aromatic nitrogens is 2. The van der Waals surface area contributed by atoms with E-state index in [2.05, 4.69) is 5.32 Å². The van der Waals surface area contributed by atoms with Crippen molar-refractivity contribution in [2.75, 3.05) is 5.32 Å². The summed E-state index contributed by atoms with van der Waals surface area (Å²) in [5, 5.41) is 2.81. The van der Waals surface area contributed by atoms with E-state index in [0.717, 1.165) is 28.0 Å². The van der Waals surface area contributed by atoms with Crippen molar-refractivity contribution < 1.29 is 9.18 Å². The van der Waals surface area contributed by atoms with E-state index in [-0.39, 0.29) is 18.3 Å². The fourth-order valence-electron chi connectivity index (χ4n) is 3.14. The largest absolute Gasteiger partial charge is 0.325 e. The van der Waals surface area contributed by atoms with Crippen molar-refractivity contribution in [2.24, 2.45) is 0 Å². The number of carbonyl (C=O) groups is 1. The molecule has 0 unspecified atom stereocenters. The number of hydrogen-bond acceptors (Lipinski definition) is 2. The maximum Gasteiger partial charge on any atom is 0.244 e. The van der Waals surface area contributed by atoms with Crippen LogP contribution in [0.3, 0.4) is 0 Å². The van der Waals surface area contributed by atoms with Crippen molar-refractivity contribution in [3.8, 4) is 11.4 Å². The first-order valence-corrected chi connectivity index (χ1v) is 8.68. The molecular weight excluding hydrogens is 341 g/mol. The van der Waals surface area contributed by atoms with Gasteiger partial charge in [0, 0.05) is 11.3 Å². The zero-order valence-corrected chi connectivity index (χ0v) is 14.8. The quantitative estimate of drug-likeness (QED) is 0.569. The van der Waals surface area contributed by atoms with Crippen molar-refractivity contribution in [2.45, 2.75) is 13.5 Å². The number of aryl methyl sites for hydroxylation is 1. The molecule has 0 aliphatic carbocycles. The van der Waals surface area contributed by atoms with Crippen LogP contribution in [0.15, 0.2) is 72.8 Å². The molecule has 5 heteroatoms. The molecule has 0 aliphatic rings. The molecule has 4 aromatic rings. The van der Waals surface area contributed by atoms with Crippen LogP contribution in [0.1, 0.15) is 5.56 Å². The van der Waals surface area contributed by atoms with Gasteiger partial charge in [-0.1, -0.05) is 36.4 Å². The normalized spacial score (nSPS) is 10.9. The van der Waals surface area contributed by atoms with Crippen molar-refractivity contribution >= 4 is 22.6 Å². The first-order valence-electron chi connectivity index (χ1n) is 8.68. The van der Waals surface area contributed by atoms with E-state index >= 15 is 0 Å². The van der Waals surface area contributed by atoms with Crippen molar-refractivity contribution in [1.29, 1.82) is 0 Å². The molecule has 0 bridgehead atoms. The van der Waals surface area contributed by atoms with E-state index < -0.39 is 0 Å². The third-order valence-electron chi connectivity index (χ3n) is 4.47. The zero-order chi connectivity index (χ0) is 18.8. The number of rotatable bonds is 4. The molecule has 0 aliphatic heterocycles. The van der Waals surface area contributed by atoms with E-state index in [1.807, 2.05) is 60.0 Å². The highest BCUT2D eigenvalue weighted by Crippen LogP contribution is 2.27. The Bertz CT molecular complexity index is 1120. The summed E-state index contributed by atoms with van der Waals surface area (Å²) in [5.74, 6) is 0.221. The fourth-order valence-corrected chi connectivity index (χ4v) is 3.14. The number of benzene rings is 3. The number of fused-ring (bicyclic) bond motifs is 1. The molecule has 27 heavy (non-hydrogen) atoms. The van der Waals surface area contributed by atoms with Crippen LogP contribution in [0, 0.1) is 12.7 Å². The van der Waals surface area contributed by atoms with Gasteiger partial charge in [-0.3, -0.25) is 4.79 Å². The fraction of sp³-hybridized carbons (Fsp3) is 0.0909. The molecule has 4 rings (SSSR count). The first kappa shape index (κ1) is 17.0. The molecule has 4 nitrogen and oxygen atoms in total. The summed E-state index contributed by atoms with van der Waals surface area (Å²) < 4.78 is 15.0. The molecule has 1 aromatic heterocycles. The van der Waals surface area contributed by atoms with Gasteiger partial charge in [0.1, 0.15) is 18.2 Å². The van der Waals surface area contributed by atoms with Crippen molar-refractivity contribution in [3.63, 3.8) is 0 Å². The van der Waals surface area contributed by atoms with Gasteiger partial charge in [-0.2, -0.15) is 0 Å². The number of nitrogens with zero attached hydrogens (tertiary/aromatic N) is 2. The molecule has 134 valence electrons. The number of carbonyl (C=O) groups excluding carboxylic acids is 1. The maximum absolute atomic E-state index is 13.1. The van der Waals surface area contributed by atoms with E-state index in [1.54, 1.807) is 12.1 Å². The summed E-state index contributed by atoms with van der Waals surface area (Å²) in [6, 6.07) is 21.5. The van der Waals surface area contributed by atoms with Crippen LogP contribution in [0.2, 0.25) is 0 Å². The minimum Gasteiger partial charge on any atom is -0.325 e. The number of amides is 1. The Morgan fingerprint density at radius 2 is 1.70 bits per heavy atom. The molecule has 0 radical (unpaired) electrons. The van der Waals surface area contributed by atoms with Gasteiger partial charge < -0.3 is 9.88 Å². The van der Waals surface area contributed by atoms with Crippen LogP contribution in [0.4, 0.5) is 10.1 Å². The highest BCUT2D eigenvalue weighted by molar-refractivity contribution is 5.92. The second-order valence-electron chi connectivity index (χ2n) is 6.38. The summed E-state index contributed by atoms with van der Waals surface area (Å²) in [6.45, 7) is 2.14. The molecule has 1 amide bonds. The lowest BCUT2D eigenvalue weighted by atomic mass is 10.1. The lowest BCUT2D eigenvalue weighted by Gasteiger charge is -2.11. The first-order chi connectivity index (χ1) is 13.1. The highest BCUT2D eigenvalue weighted by atomic mass is 19.1. The van der Waals surface area contributed by atoms with Gasteiger partial charge in [0.2, 0.25) is 5.91 Å². The van der Waals surface area contributed by atoms with Crippen LogP contribution in [-0.4, -0.2) is 15.5 Å². The van der Waals surface area contributed by atoms with Gasteiger partial charge in [-0.05, 0) is 48.9 Å². The summed E-state index contributed by atoms with van der Waals surface area (Å²) in [6.07, 6.45) is 0. The average molecular weight is 359 g/mol. The molecule has 3 aromatic carbocycles. The number of anilines is 1. The molecule has 1 heterocycles. The van der Waals surface area contributed by atoms with Gasteiger partial charge in [0.05, 0.1) is 11.0 Å². The van der Waals surface area contributed by atoms with E-state index in [9.17, 15) is 9.18 Å². The summed E-state index contributed by atoms with van der Waals surface area (Å²) in [4.78, 5) is 17.4. The SMILES string of the molecule is Cc1ccccc1-c1nc2ccccc2n1CC(=O)Nc1ccc(F)cc1. The van der Waals surface area contributed by atoms with Crippen LogP contribution in [0.5, 0.6) is 0 Å². The van der Waals surface area contributed by atoms with Crippen molar-refractivity contribution in [3.05, 3.63) is 84.2 Å². The van der Waals surface area contributed by atoms with Crippen LogP contribution in [-0.2, 0) is 11.3 Å². The molecular formula is C22H18FN3O. The van der Waals surface area contributed by atoms with Gasteiger partial charge >= 0.3 is 0 Å². The Kier molecular flexibility index (Phi) is 4.42. The Hall–Kier alpha value is -3.47. The Morgan fingerprint density at radius 1 is 1.00 bits per heavy atom. The standard InChI is InChI=1S/C22H18FN3O/c1-15-6-2-3-7-18(15)22-25-19-8-4-5-9-20(19)26(22)14-21(27)24-17-12-10-16(23)11-13-17/h2-13H,14H2,1H3,(H,24,27). The van der Waals surface area contributed by atoms with Gasteiger partial charge in [0.25, 0.3) is 0 Å². The summed E-state index contributed by atoms with van der Waals surface area (Å²) in [5.41, 5.74) is 4.37.